The fraction of sp³-hybridized carbons (Fsp3) is 0.0909. The highest BCUT2D eigenvalue weighted by Crippen LogP contribution is 2.19. The first kappa shape index (κ1) is 9.09. The minimum atomic E-state index is 0.510. The van der Waals surface area contributed by atoms with Crippen LogP contribution in [0.1, 0.15) is 15.9 Å². The van der Waals surface area contributed by atoms with E-state index in [0.717, 1.165) is 22.8 Å². The monoisotopic (exact) mass is 203 g/mol. The summed E-state index contributed by atoms with van der Waals surface area (Å²) >= 11 is 5.08. The van der Waals surface area contributed by atoms with Gasteiger partial charge in [0.05, 0.1) is 5.56 Å². The normalized spacial score (nSPS) is 10.4. The summed E-state index contributed by atoms with van der Waals surface area (Å²) < 4.78 is 0.510. The number of para-hydroxylation sites is 1. The molecule has 0 aliphatic rings. The van der Waals surface area contributed by atoms with Crippen LogP contribution in [0.3, 0.4) is 0 Å². The minimum Gasteiger partial charge on any atom is -0.345 e. The molecule has 0 atom stereocenters. The van der Waals surface area contributed by atoms with Gasteiger partial charge in [-0.15, -0.1) is 0 Å². The Labute approximate surface area is 86.6 Å². The number of aromatic amines is 1. The van der Waals surface area contributed by atoms with Gasteiger partial charge in [0.15, 0.2) is 6.29 Å². The third kappa shape index (κ3) is 1.26. The predicted molar refractivity (Wildman–Crippen MR) is 59.3 cm³/mol. The third-order valence-corrected chi connectivity index (χ3v) is 2.67. The van der Waals surface area contributed by atoms with Crippen molar-refractivity contribution in [1.29, 1.82) is 0 Å². The number of hydrogen-bond acceptors (Lipinski definition) is 2. The highest BCUT2D eigenvalue weighted by molar-refractivity contribution is 7.71. The molecule has 0 saturated carbocycles. The lowest BCUT2D eigenvalue weighted by Crippen LogP contribution is -1.93. The maximum Gasteiger partial charge on any atom is 0.153 e. The van der Waals surface area contributed by atoms with Crippen molar-refractivity contribution in [2.24, 2.45) is 0 Å². The lowest BCUT2D eigenvalue weighted by molar-refractivity contribution is 0.112. The Morgan fingerprint density at radius 1 is 1.36 bits per heavy atom. The van der Waals surface area contributed by atoms with E-state index in [1.807, 2.05) is 31.2 Å². The lowest BCUT2D eigenvalue weighted by atomic mass is 10.1. The molecule has 0 amide bonds. The Kier molecular flexibility index (Phi) is 2.17. The average Bonchev–Trinajstić information content (AvgIpc) is 2.18. The second-order valence-corrected chi connectivity index (χ2v) is 3.56. The van der Waals surface area contributed by atoms with Crippen LogP contribution in [0.5, 0.6) is 0 Å². The van der Waals surface area contributed by atoms with Crippen molar-refractivity contribution in [3.8, 4) is 0 Å². The van der Waals surface area contributed by atoms with Gasteiger partial charge in [0, 0.05) is 10.9 Å². The Morgan fingerprint density at radius 2 is 2.07 bits per heavy atom. The smallest absolute Gasteiger partial charge is 0.153 e. The van der Waals surface area contributed by atoms with E-state index < -0.39 is 0 Å². The van der Waals surface area contributed by atoms with Gasteiger partial charge in [-0.05, 0) is 18.6 Å². The Hall–Kier alpha value is -1.48. The number of rotatable bonds is 1. The summed E-state index contributed by atoms with van der Waals surface area (Å²) in [5.41, 5.74) is 2.50. The van der Waals surface area contributed by atoms with Crippen molar-refractivity contribution in [1.82, 2.24) is 4.98 Å². The molecule has 2 aromatic rings. The molecule has 0 aliphatic heterocycles. The van der Waals surface area contributed by atoms with Gasteiger partial charge in [0.1, 0.15) is 4.64 Å². The van der Waals surface area contributed by atoms with Crippen LogP contribution in [-0.2, 0) is 0 Å². The number of H-pyrrole nitrogens is 1. The molecule has 3 heteroatoms. The molecule has 1 aromatic heterocycles. The molecule has 0 unspecified atom stereocenters. The van der Waals surface area contributed by atoms with Gasteiger partial charge in [-0.1, -0.05) is 30.4 Å². The molecular formula is C11H9NOS. The molecule has 2 nitrogen and oxygen atoms in total. The minimum absolute atomic E-state index is 0.510. The van der Waals surface area contributed by atoms with Gasteiger partial charge in [-0.2, -0.15) is 0 Å². The molecule has 1 N–H and O–H groups in total. The summed E-state index contributed by atoms with van der Waals surface area (Å²) in [5.74, 6) is 0. The molecule has 0 spiro atoms. The number of hydrogen-bond donors (Lipinski definition) is 1. The molecule has 0 saturated heterocycles. The van der Waals surface area contributed by atoms with Crippen molar-refractivity contribution in [2.45, 2.75) is 6.92 Å². The van der Waals surface area contributed by atoms with Crippen LogP contribution >= 0.6 is 12.2 Å². The number of aryl methyl sites for hydroxylation is 1. The SMILES string of the molecule is Cc1c(C=O)c(=S)[nH]c2ccccc12. The van der Waals surface area contributed by atoms with Crippen LogP contribution in [0.15, 0.2) is 24.3 Å². The highest BCUT2D eigenvalue weighted by atomic mass is 32.1. The van der Waals surface area contributed by atoms with Crippen molar-refractivity contribution < 1.29 is 4.79 Å². The van der Waals surface area contributed by atoms with Crippen LogP contribution in [0.4, 0.5) is 0 Å². The zero-order chi connectivity index (χ0) is 10.1. The Morgan fingerprint density at radius 3 is 2.79 bits per heavy atom. The summed E-state index contributed by atoms with van der Waals surface area (Å²) in [5, 5.41) is 1.04. The number of aromatic nitrogens is 1. The second-order valence-electron chi connectivity index (χ2n) is 3.16. The fourth-order valence-electron chi connectivity index (χ4n) is 1.57. The molecule has 70 valence electrons. The molecule has 1 heterocycles. The number of aldehydes is 1. The van der Waals surface area contributed by atoms with Crippen molar-refractivity contribution in [3.05, 3.63) is 40.0 Å². The number of fused-ring (bicyclic) bond motifs is 1. The van der Waals surface area contributed by atoms with Crippen LogP contribution in [0, 0.1) is 11.6 Å². The summed E-state index contributed by atoms with van der Waals surface area (Å²) in [7, 11) is 0. The van der Waals surface area contributed by atoms with E-state index in [2.05, 4.69) is 4.98 Å². The zero-order valence-electron chi connectivity index (χ0n) is 7.70. The standard InChI is InChI=1S/C11H9NOS/c1-7-8-4-2-3-5-10(8)12-11(14)9(7)6-13/h2-6H,1H3,(H,12,14). The number of benzene rings is 1. The number of pyridine rings is 1. The molecule has 0 bridgehead atoms. The predicted octanol–water partition coefficient (Wildman–Crippen LogP) is 3.02. The Balaban J connectivity index is 3.00. The molecular weight excluding hydrogens is 194 g/mol. The van der Waals surface area contributed by atoms with E-state index in [4.69, 9.17) is 12.2 Å². The van der Waals surface area contributed by atoms with E-state index in [9.17, 15) is 4.79 Å². The number of carbonyl (C=O) groups is 1. The van der Waals surface area contributed by atoms with E-state index >= 15 is 0 Å². The lowest BCUT2D eigenvalue weighted by Gasteiger charge is -2.04. The maximum absolute atomic E-state index is 10.8. The fourth-order valence-corrected chi connectivity index (χ4v) is 1.88. The quantitative estimate of drug-likeness (QED) is 0.571. The van der Waals surface area contributed by atoms with Crippen molar-refractivity contribution >= 4 is 29.4 Å². The maximum atomic E-state index is 10.8. The summed E-state index contributed by atoms with van der Waals surface area (Å²) in [6.45, 7) is 1.91. The summed E-state index contributed by atoms with van der Waals surface area (Å²) in [6, 6.07) is 7.81. The van der Waals surface area contributed by atoms with Gasteiger partial charge in [0.2, 0.25) is 0 Å². The zero-order valence-corrected chi connectivity index (χ0v) is 8.52. The number of carbonyl (C=O) groups excluding carboxylic acids is 1. The van der Waals surface area contributed by atoms with Crippen LogP contribution in [0.2, 0.25) is 0 Å². The first-order valence-corrected chi connectivity index (χ1v) is 4.71. The van der Waals surface area contributed by atoms with Crippen LogP contribution in [0.25, 0.3) is 10.9 Å². The molecule has 1 aromatic carbocycles. The van der Waals surface area contributed by atoms with Gasteiger partial charge < -0.3 is 4.98 Å². The second kappa shape index (κ2) is 3.35. The number of nitrogens with one attached hydrogen (secondary N) is 1. The molecule has 0 aliphatic carbocycles. The van der Waals surface area contributed by atoms with E-state index in [-0.39, 0.29) is 0 Å². The Bertz CT molecular complexity index is 557. The van der Waals surface area contributed by atoms with Gasteiger partial charge in [-0.3, -0.25) is 4.79 Å². The average molecular weight is 203 g/mol. The first-order valence-electron chi connectivity index (χ1n) is 4.31. The van der Waals surface area contributed by atoms with Crippen LogP contribution < -0.4 is 0 Å². The highest BCUT2D eigenvalue weighted by Gasteiger charge is 2.04. The van der Waals surface area contributed by atoms with Gasteiger partial charge in [0.25, 0.3) is 0 Å². The molecule has 14 heavy (non-hydrogen) atoms. The first-order chi connectivity index (χ1) is 6.74. The third-order valence-electron chi connectivity index (χ3n) is 2.35. The largest absolute Gasteiger partial charge is 0.345 e. The van der Waals surface area contributed by atoms with E-state index in [1.165, 1.54) is 0 Å². The van der Waals surface area contributed by atoms with Gasteiger partial charge in [-0.25, -0.2) is 0 Å². The summed E-state index contributed by atoms with van der Waals surface area (Å²) in [6.07, 6.45) is 0.806. The molecule has 0 fully saturated rings. The summed E-state index contributed by atoms with van der Waals surface area (Å²) in [4.78, 5) is 13.8. The van der Waals surface area contributed by atoms with E-state index in [0.29, 0.717) is 10.2 Å². The van der Waals surface area contributed by atoms with Crippen LogP contribution in [-0.4, -0.2) is 11.3 Å². The van der Waals surface area contributed by atoms with E-state index in [1.54, 1.807) is 0 Å². The van der Waals surface area contributed by atoms with Crippen molar-refractivity contribution in [2.75, 3.05) is 0 Å². The van der Waals surface area contributed by atoms with Crippen molar-refractivity contribution in [3.63, 3.8) is 0 Å². The van der Waals surface area contributed by atoms with Gasteiger partial charge >= 0.3 is 0 Å². The molecule has 0 radical (unpaired) electrons. The topological polar surface area (TPSA) is 32.9 Å². The molecule has 2 rings (SSSR count).